The third-order valence-corrected chi connectivity index (χ3v) is 2.46. The highest BCUT2D eigenvalue weighted by molar-refractivity contribution is 5.60. The Kier molecular flexibility index (Phi) is 2.43. The Balaban J connectivity index is 1.99. The van der Waals surface area contributed by atoms with Crippen molar-refractivity contribution in [3.05, 3.63) is 61.0 Å². The second-order valence-corrected chi connectivity index (χ2v) is 3.62. The van der Waals surface area contributed by atoms with Crippen molar-refractivity contribution in [1.82, 2.24) is 9.97 Å². The van der Waals surface area contributed by atoms with E-state index in [1.165, 1.54) is 0 Å². The normalized spacial score (nSPS) is 10.4. The van der Waals surface area contributed by atoms with E-state index in [4.69, 9.17) is 4.42 Å². The number of pyridine rings is 1. The molecule has 3 heteroatoms. The average molecular weight is 222 g/mol. The second kappa shape index (κ2) is 4.22. The molecular formula is C14H10N2O. The fraction of sp³-hybridized carbons (Fsp3) is 0. The molecule has 17 heavy (non-hydrogen) atoms. The number of benzene rings is 1. The predicted octanol–water partition coefficient (Wildman–Crippen LogP) is 3.40. The zero-order valence-electron chi connectivity index (χ0n) is 9.08. The molecular weight excluding hydrogens is 212 g/mol. The summed E-state index contributed by atoms with van der Waals surface area (Å²) in [5.74, 6) is 0.546. The summed E-state index contributed by atoms with van der Waals surface area (Å²) in [6.07, 6.45) is 3.38. The second-order valence-electron chi connectivity index (χ2n) is 3.62. The van der Waals surface area contributed by atoms with Crippen LogP contribution in [0.5, 0.6) is 0 Å². The summed E-state index contributed by atoms with van der Waals surface area (Å²) in [7, 11) is 0. The highest BCUT2D eigenvalue weighted by atomic mass is 16.3. The first-order valence-electron chi connectivity index (χ1n) is 5.36. The summed E-state index contributed by atoms with van der Waals surface area (Å²) in [6, 6.07) is 15.6. The van der Waals surface area contributed by atoms with Gasteiger partial charge in [0.2, 0.25) is 5.89 Å². The van der Waals surface area contributed by atoms with Gasteiger partial charge in [0.1, 0.15) is 17.7 Å². The zero-order valence-corrected chi connectivity index (χ0v) is 9.08. The Morgan fingerprint density at radius 1 is 0.824 bits per heavy atom. The number of aromatic nitrogens is 2. The summed E-state index contributed by atoms with van der Waals surface area (Å²) >= 11 is 0. The molecule has 0 saturated heterocycles. The molecule has 3 nitrogen and oxygen atoms in total. The molecule has 0 aliphatic carbocycles. The van der Waals surface area contributed by atoms with Crippen LogP contribution in [-0.4, -0.2) is 9.97 Å². The maximum atomic E-state index is 5.43. The SMILES string of the molecule is c1ccc(-c2coc(-c3ccccn3)n2)cc1. The minimum atomic E-state index is 0.546. The first kappa shape index (κ1) is 9.78. The minimum Gasteiger partial charge on any atom is -0.443 e. The molecule has 0 aliphatic rings. The Morgan fingerprint density at radius 3 is 2.41 bits per heavy atom. The Labute approximate surface area is 98.8 Å². The Morgan fingerprint density at radius 2 is 1.65 bits per heavy atom. The van der Waals surface area contributed by atoms with Crippen molar-refractivity contribution < 1.29 is 4.42 Å². The van der Waals surface area contributed by atoms with Crippen molar-refractivity contribution in [1.29, 1.82) is 0 Å². The molecule has 0 amide bonds. The van der Waals surface area contributed by atoms with Gasteiger partial charge in [-0.3, -0.25) is 4.98 Å². The van der Waals surface area contributed by atoms with E-state index in [1.54, 1.807) is 12.5 Å². The lowest BCUT2D eigenvalue weighted by Crippen LogP contribution is -1.82. The molecule has 82 valence electrons. The van der Waals surface area contributed by atoms with Crippen molar-refractivity contribution in [3.63, 3.8) is 0 Å². The van der Waals surface area contributed by atoms with Crippen LogP contribution < -0.4 is 0 Å². The van der Waals surface area contributed by atoms with Crippen LogP contribution in [0.1, 0.15) is 0 Å². The quantitative estimate of drug-likeness (QED) is 0.667. The third-order valence-electron chi connectivity index (χ3n) is 2.46. The van der Waals surface area contributed by atoms with Crippen LogP contribution in [0.25, 0.3) is 22.8 Å². The van der Waals surface area contributed by atoms with Crippen LogP contribution >= 0.6 is 0 Å². The van der Waals surface area contributed by atoms with E-state index in [0.29, 0.717) is 5.89 Å². The molecule has 0 bridgehead atoms. The van der Waals surface area contributed by atoms with Crippen molar-refractivity contribution >= 4 is 0 Å². The molecule has 3 aromatic rings. The predicted molar refractivity (Wildman–Crippen MR) is 65.2 cm³/mol. The molecule has 1 aromatic carbocycles. The van der Waals surface area contributed by atoms with Crippen LogP contribution in [-0.2, 0) is 0 Å². The molecule has 0 N–H and O–H groups in total. The lowest BCUT2D eigenvalue weighted by Gasteiger charge is -1.93. The van der Waals surface area contributed by atoms with Gasteiger partial charge < -0.3 is 4.42 Å². The van der Waals surface area contributed by atoms with E-state index in [2.05, 4.69) is 9.97 Å². The average Bonchev–Trinajstić information content (AvgIpc) is 2.90. The van der Waals surface area contributed by atoms with E-state index in [1.807, 2.05) is 48.5 Å². The first-order valence-corrected chi connectivity index (χ1v) is 5.36. The van der Waals surface area contributed by atoms with Gasteiger partial charge in [-0.2, -0.15) is 0 Å². The summed E-state index contributed by atoms with van der Waals surface area (Å²) in [6.45, 7) is 0. The monoisotopic (exact) mass is 222 g/mol. The molecule has 0 fully saturated rings. The Bertz CT molecular complexity index is 548. The van der Waals surface area contributed by atoms with Crippen LogP contribution in [0, 0.1) is 0 Å². The number of hydrogen-bond acceptors (Lipinski definition) is 3. The van der Waals surface area contributed by atoms with Crippen LogP contribution in [0.3, 0.4) is 0 Å². The van der Waals surface area contributed by atoms with Gasteiger partial charge in [0.05, 0.1) is 0 Å². The van der Waals surface area contributed by atoms with E-state index in [0.717, 1.165) is 17.0 Å². The molecule has 2 heterocycles. The standard InChI is InChI=1S/C14H10N2O/c1-2-6-11(7-3-1)13-10-17-14(16-13)12-8-4-5-9-15-12/h1-10H. The largest absolute Gasteiger partial charge is 0.443 e. The molecule has 0 saturated carbocycles. The van der Waals surface area contributed by atoms with Crippen LogP contribution in [0.2, 0.25) is 0 Å². The number of hydrogen-bond donors (Lipinski definition) is 0. The number of oxazole rings is 1. The molecule has 3 rings (SSSR count). The van der Waals surface area contributed by atoms with Crippen LogP contribution in [0.4, 0.5) is 0 Å². The molecule has 2 aromatic heterocycles. The highest BCUT2D eigenvalue weighted by Crippen LogP contribution is 2.22. The Hall–Kier alpha value is -2.42. The lowest BCUT2D eigenvalue weighted by atomic mass is 10.2. The van der Waals surface area contributed by atoms with Crippen molar-refractivity contribution in [3.8, 4) is 22.8 Å². The zero-order chi connectivity index (χ0) is 11.5. The topological polar surface area (TPSA) is 38.9 Å². The number of nitrogens with zero attached hydrogens (tertiary/aromatic N) is 2. The maximum absolute atomic E-state index is 5.43. The smallest absolute Gasteiger partial charge is 0.245 e. The van der Waals surface area contributed by atoms with E-state index >= 15 is 0 Å². The van der Waals surface area contributed by atoms with Gasteiger partial charge in [-0.1, -0.05) is 36.4 Å². The third kappa shape index (κ3) is 1.95. The summed E-state index contributed by atoms with van der Waals surface area (Å²) < 4.78 is 5.43. The lowest BCUT2D eigenvalue weighted by molar-refractivity contribution is 0.572. The molecule has 0 spiro atoms. The fourth-order valence-corrected chi connectivity index (χ4v) is 1.62. The van der Waals surface area contributed by atoms with Gasteiger partial charge in [0.15, 0.2) is 0 Å². The van der Waals surface area contributed by atoms with E-state index < -0.39 is 0 Å². The summed E-state index contributed by atoms with van der Waals surface area (Å²) in [5.41, 5.74) is 2.61. The molecule has 0 atom stereocenters. The van der Waals surface area contributed by atoms with Gasteiger partial charge in [-0.15, -0.1) is 0 Å². The maximum Gasteiger partial charge on any atom is 0.245 e. The highest BCUT2D eigenvalue weighted by Gasteiger charge is 2.08. The molecule has 0 unspecified atom stereocenters. The fourth-order valence-electron chi connectivity index (χ4n) is 1.62. The number of rotatable bonds is 2. The van der Waals surface area contributed by atoms with Gasteiger partial charge in [-0.05, 0) is 12.1 Å². The van der Waals surface area contributed by atoms with Crippen molar-refractivity contribution in [2.24, 2.45) is 0 Å². The van der Waals surface area contributed by atoms with Crippen molar-refractivity contribution in [2.75, 3.05) is 0 Å². The van der Waals surface area contributed by atoms with Crippen molar-refractivity contribution in [2.45, 2.75) is 0 Å². The van der Waals surface area contributed by atoms with E-state index in [-0.39, 0.29) is 0 Å². The van der Waals surface area contributed by atoms with Gasteiger partial charge >= 0.3 is 0 Å². The van der Waals surface area contributed by atoms with Gasteiger partial charge in [0, 0.05) is 11.8 Å². The van der Waals surface area contributed by atoms with Crippen LogP contribution in [0.15, 0.2) is 65.4 Å². The first-order chi connectivity index (χ1) is 8.43. The molecule has 0 aliphatic heterocycles. The summed E-state index contributed by atoms with van der Waals surface area (Å²) in [5, 5.41) is 0. The minimum absolute atomic E-state index is 0.546. The van der Waals surface area contributed by atoms with Gasteiger partial charge in [-0.25, -0.2) is 4.98 Å². The van der Waals surface area contributed by atoms with E-state index in [9.17, 15) is 0 Å². The molecule has 0 radical (unpaired) electrons. The van der Waals surface area contributed by atoms with Gasteiger partial charge in [0.25, 0.3) is 0 Å². The summed E-state index contributed by atoms with van der Waals surface area (Å²) in [4.78, 5) is 8.62.